The second kappa shape index (κ2) is 4.34. The van der Waals surface area contributed by atoms with E-state index in [4.69, 9.17) is 0 Å². The predicted molar refractivity (Wildman–Crippen MR) is 53.1 cm³/mol. The van der Waals surface area contributed by atoms with E-state index < -0.39 is 0 Å². The van der Waals surface area contributed by atoms with Gasteiger partial charge in [0.1, 0.15) is 0 Å². The summed E-state index contributed by atoms with van der Waals surface area (Å²) < 4.78 is 0. The fourth-order valence-electron chi connectivity index (χ4n) is 0.911. The average Bonchev–Trinajstić information content (AvgIpc) is 2.59. The largest absolute Gasteiger partial charge is 0.367 e. The molecule has 0 saturated carbocycles. The Bertz CT molecular complexity index is 292. The molecule has 0 bridgehead atoms. The summed E-state index contributed by atoms with van der Waals surface area (Å²) >= 11 is 0. The number of rotatable bonds is 3. The highest BCUT2D eigenvalue weighted by atomic mass is 14.7. The Morgan fingerprint density at radius 3 is 3.00 bits per heavy atom. The van der Waals surface area contributed by atoms with E-state index in [1.54, 1.807) is 0 Å². The molecule has 1 N–H and O–H groups in total. The van der Waals surface area contributed by atoms with Crippen molar-refractivity contribution in [2.75, 3.05) is 0 Å². The zero-order valence-electron chi connectivity index (χ0n) is 7.12. The molecule has 0 fully saturated rings. The molecule has 0 saturated heterocycles. The van der Waals surface area contributed by atoms with Gasteiger partial charge < -0.3 is 4.98 Å². The standard InChI is InChI=1S/C10H12N2/c1-3-4-5-10(11-2)9-6-7-12-8-9/h3-8,12H,2H2,1H3/b4-3-,10-5-. The monoisotopic (exact) mass is 160 g/mol. The molecule has 1 heterocycles. The summed E-state index contributed by atoms with van der Waals surface area (Å²) in [6.07, 6.45) is 9.58. The molecule has 12 heavy (non-hydrogen) atoms. The van der Waals surface area contributed by atoms with E-state index in [-0.39, 0.29) is 0 Å². The van der Waals surface area contributed by atoms with E-state index in [0.717, 1.165) is 11.3 Å². The van der Waals surface area contributed by atoms with Crippen molar-refractivity contribution in [3.8, 4) is 0 Å². The van der Waals surface area contributed by atoms with Gasteiger partial charge in [-0.2, -0.15) is 0 Å². The first-order chi connectivity index (χ1) is 5.88. The number of hydrogen-bond donors (Lipinski definition) is 1. The Kier molecular flexibility index (Phi) is 3.08. The third-order valence-corrected chi connectivity index (χ3v) is 1.51. The molecule has 0 aliphatic carbocycles. The number of aromatic nitrogens is 1. The fraction of sp³-hybridized carbons (Fsp3) is 0.100. The summed E-state index contributed by atoms with van der Waals surface area (Å²) in [7, 11) is 0. The van der Waals surface area contributed by atoms with Gasteiger partial charge in [0.05, 0.1) is 5.70 Å². The lowest BCUT2D eigenvalue weighted by molar-refractivity contribution is 1.40. The van der Waals surface area contributed by atoms with Gasteiger partial charge in [0, 0.05) is 18.0 Å². The average molecular weight is 160 g/mol. The SMILES string of the molecule is C=N/C(=C\C=C/C)c1cc[nH]c1. The van der Waals surface area contributed by atoms with Gasteiger partial charge in [-0.05, 0) is 25.8 Å². The van der Waals surface area contributed by atoms with Crippen molar-refractivity contribution < 1.29 is 0 Å². The lowest BCUT2D eigenvalue weighted by Gasteiger charge is -1.93. The molecule has 0 aromatic carbocycles. The minimum Gasteiger partial charge on any atom is -0.367 e. The van der Waals surface area contributed by atoms with Crippen molar-refractivity contribution in [2.24, 2.45) is 4.99 Å². The Hall–Kier alpha value is -1.57. The molecule has 0 aliphatic heterocycles. The fourth-order valence-corrected chi connectivity index (χ4v) is 0.911. The van der Waals surface area contributed by atoms with Crippen molar-refractivity contribution in [3.63, 3.8) is 0 Å². The van der Waals surface area contributed by atoms with Crippen LogP contribution in [0.25, 0.3) is 5.70 Å². The smallest absolute Gasteiger partial charge is 0.0709 e. The summed E-state index contributed by atoms with van der Waals surface area (Å²) in [4.78, 5) is 6.88. The maximum absolute atomic E-state index is 3.91. The number of hydrogen-bond acceptors (Lipinski definition) is 1. The van der Waals surface area contributed by atoms with Crippen molar-refractivity contribution in [2.45, 2.75) is 6.92 Å². The summed E-state index contributed by atoms with van der Waals surface area (Å²) in [5.41, 5.74) is 1.94. The molecular formula is C10H12N2. The van der Waals surface area contributed by atoms with Crippen LogP contribution in [0.2, 0.25) is 0 Å². The van der Waals surface area contributed by atoms with E-state index in [1.165, 1.54) is 0 Å². The third-order valence-electron chi connectivity index (χ3n) is 1.51. The van der Waals surface area contributed by atoms with Crippen LogP contribution in [0, 0.1) is 0 Å². The Morgan fingerprint density at radius 2 is 2.50 bits per heavy atom. The topological polar surface area (TPSA) is 28.1 Å². The minimum absolute atomic E-state index is 0.884. The van der Waals surface area contributed by atoms with E-state index in [2.05, 4.69) is 16.7 Å². The van der Waals surface area contributed by atoms with Crippen LogP contribution in [-0.4, -0.2) is 11.7 Å². The zero-order chi connectivity index (χ0) is 8.81. The van der Waals surface area contributed by atoms with Gasteiger partial charge in [0.25, 0.3) is 0 Å². The molecular weight excluding hydrogens is 148 g/mol. The number of H-pyrrole nitrogens is 1. The molecule has 2 heteroatoms. The second-order valence-corrected chi connectivity index (χ2v) is 2.34. The normalized spacial score (nSPS) is 12.2. The maximum Gasteiger partial charge on any atom is 0.0709 e. The Balaban J connectivity index is 2.90. The van der Waals surface area contributed by atoms with Crippen LogP contribution in [0.1, 0.15) is 12.5 Å². The molecule has 0 radical (unpaired) electrons. The maximum atomic E-state index is 3.91. The number of aliphatic imine (C=N–C) groups is 1. The van der Waals surface area contributed by atoms with Crippen molar-refractivity contribution >= 4 is 12.4 Å². The van der Waals surface area contributed by atoms with E-state index in [0.29, 0.717) is 0 Å². The van der Waals surface area contributed by atoms with Crippen molar-refractivity contribution in [1.82, 2.24) is 4.98 Å². The number of aromatic amines is 1. The first kappa shape index (κ1) is 8.53. The van der Waals surface area contributed by atoms with Crippen LogP contribution in [0.4, 0.5) is 0 Å². The summed E-state index contributed by atoms with van der Waals surface area (Å²) in [5.74, 6) is 0. The number of allylic oxidation sites excluding steroid dienone is 3. The van der Waals surface area contributed by atoms with E-state index >= 15 is 0 Å². The highest BCUT2D eigenvalue weighted by Crippen LogP contribution is 2.13. The van der Waals surface area contributed by atoms with Gasteiger partial charge in [0.15, 0.2) is 0 Å². The minimum atomic E-state index is 0.884. The Labute approximate surface area is 72.3 Å². The highest BCUT2D eigenvalue weighted by molar-refractivity contribution is 5.68. The molecule has 2 nitrogen and oxygen atoms in total. The zero-order valence-corrected chi connectivity index (χ0v) is 7.12. The van der Waals surface area contributed by atoms with Crippen LogP contribution in [0.3, 0.4) is 0 Å². The lowest BCUT2D eigenvalue weighted by atomic mass is 10.2. The Morgan fingerprint density at radius 1 is 1.67 bits per heavy atom. The summed E-state index contributed by atoms with van der Waals surface area (Å²) in [6, 6.07) is 1.96. The first-order valence-corrected chi connectivity index (χ1v) is 3.81. The van der Waals surface area contributed by atoms with E-state index in [9.17, 15) is 0 Å². The number of nitrogens with zero attached hydrogens (tertiary/aromatic N) is 1. The van der Waals surface area contributed by atoms with Crippen molar-refractivity contribution in [3.05, 3.63) is 42.3 Å². The molecule has 0 unspecified atom stereocenters. The van der Waals surface area contributed by atoms with Gasteiger partial charge in [-0.1, -0.05) is 12.2 Å². The molecule has 0 amide bonds. The number of nitrogens with one attached hydrogen (secondary N) is 1. The van der Waals surface area contributed by atoms with Gasteiger partial charge in [-0.15, -0.1) is 0 Å². The quantitative estimate of drug-likeness (QED) is 0.520. The predicted octanol–water partition coefficient (Wildman–Crippen LogP) is 2.63. The summed E-state index contributed by atoms with van der Waals surface area (Å²) in [6.45, 7) is 5.47. The molecule has 1 rings (SSSR count). The molecule has 0 atom stereocenters. The van der Waals surface area contributed by atoms with Gasteiger partial charge >= 0.3 is 0 Å². The van der Waals surface area contributed by atoms with Gasteiger partial charge in [0.2, 0.25) is 0 Å². The third kappa shape index (κ3) is 1.95. The van der Waals surface area contributed by atoms with Crippen LogP contribution in [0.15, 0.2) is 41.7 Å². The summed E-state index contributed by atoms with van der Waals surface area (Å²) in [5, 5.41) is 0. The first-order valence-electron chi connectivity index (χ1n) is 3.81. The molecule has 1 aromatic rings. The highest BCUT2D eigenvalue weighted by Gasteiger charge is 1.95. The van der Waals surface area contributed by atoms with Crippen LogP contribution in [-0.2, 0) is 0 Å². The van der Waals surface area contributed by atoms with Crippen LogP contribution in [0.5, 0.6) is 0 Å². The molecule has 1 aromatic heterocycles. The molecule has 0 aliphatic rings. The van der Waals surface area contributed by atoms with Crippen molar-refractivity contribution in [1.29, 1.82) is 0 Å². The van der Waals surface area contributed by atoms with Gasteiger partial charge in [-0.25, -0.2) is 0 Å². The lowest BCUT2D eigenvalue weighted by Crippen LogP contribution is -1.73. The van der Waals surface area contributed by atoms with E-state index in [1.807, 2.05) is 43.6 Å². The van der Waals surface area contributed by atoms with Crippen LogP contribution < -0.4 is 0 Å². The molecule has 62 valence electrons. The molecule has 0 spiro atoms. The van der Waals surface area contributed by atoms with Crippen LogP contribution >= 0.6 is 0 Å². The van der Waals surface area contributed by atoms with Gasteiger partial charge in [-0.3, -0.25) is 4.99 Å². The second-order valence-electron chi connectivity index (χ2n) is 2.34.